The van der Waals surface area contributed by atoms with Gasteiger partial charge in [-0.05, 0) is 42.2 Å². The second kappa shape index (κ2) is 5.85. The van der Waals surface area contributed by atoms with E-state index in [9.17, 15) is 9.59 Å². The number of carbonyl (C=O) groups excluding carboxylic acids is 2. The molecule has 0 aromatic heterocycles. The van der Waals surface area contributed by atoms with Crippen LogP contribution in [0.15, 0.2) is 18.2 Å². The quantitative estimate of drug-likeness (QED) is 0.685. The van der Waals surface area contributed by atoms with Gasteiger partial charge in [0, 0.05) is 6.61 Å². The predicted octanol–water partition coefficient (Wildman–Crippen LogP) is 2.97. The molecule has 2 amide bonds. The number of benzene rings is 1. The molecule has 2 rings (SSSR count). The van der Waals surface area contributed by atoms with Crippen molar-refractivity contribution in [3.05, 3.63) is 23.8 Å². The number of carbonyl (C=O) groups is 2. The Bertz CT molecular complexity index is 606. The van der Waals surface area contributed by atoms with E-state index in [-0.39, 0.29) is 5.04 Å². The number of nitrogens with zero attached hydrogens (tertiary/aromatic N) is 1. The Morgan fingerprint density at radius 2 is 1.91 bits per heavy atom. The molecule has 0 spiro atoms. The molecule has 0 saturated carbocycles. The SMILES string of the molecule is CC(C)(C)[Si](C)(C)OCCc1ccc2c(c1)[N]C(=O)C(=O)N2. The van der Waals surface area contributed by atoms with Crippen LogP contribution in [0.4, 0.5) is 11.4 Å². The van der Waals surface area contributed by atoms with Crippen molar-refractivity contribution in [3.63, 3.8) is 0 Å². The summed E-state index contributed by atoms with van der Waals surface area (Å²) in [5.74, 6) is -1.43. The lowest BCUT2D eigenvalue weighted by Gasteiger charge is -2.36. The smallest absolute Gasteiger partial charge is 0.335 e. The van der Waals surface area contributed by atoms with Crippen molar-refractivity contribution >= 4 is 31.5 Å². The first-order chi connectivity index (χ1) is 10.1. The molecule has 1 heterocycles. The largest absolute Gasteiger partial charge is 0.416 e. The zero-order valence-electron chi connectivity index (χ0n) is 13.8. The Balaban J connectivity index is 1.99. The van der Waals surface area contributed by atoms with Crippen LogP contribution in [0.1, 0.15) is 26.3 Å². The van der Waals surface area contributed by atoms with E-state index in [4.69, 9.17) is 4.43 Å². The highest BCUT2D eigenvalue weighted by Gasteiger charge is 2.36. The van der Waals surface area contributed by atoms with E-state index in [1.807, 2.05) is 12.1 Å². The number of hydrogen-bond acceptors (Lipinski definition) is 3. The van der Waals surface area contributed by atoms with Crippen molar-refractivity contribution < 1.29 is 14.0 Å². The van der Waals surface area contributed by atoms with Crippen LogP contribution < -0.4 is 10.6 Å². The Morgan fingerprint density at radius 1 is 1.23 bits per heavy atom. The molecule has 0 aliphatic carbocycles. The van der Waals surface area contributed by atoms with Gasteiger partial charge in [-0.2, -0.15) is 0 Å². The molecule has 1 aromatic rings. The van der Waals surface area contributed by atoms with Gasteiger partial charge in [0.25, 0.3) is 0 Å². The van der Waals surface area contributed by atoms with Gasteiger partial charge in [-0.25, -0.2) is 5.32 Å². The van der Waals surface area contributed by atoms with Crippen LogP contribution in [0.5, 0.6) is 0 Å². The zero-order chi connectivity index (χ0) is 16.5. The van der Waals surface area contributed by atoms with E-state index in [0.717, 1.165) is 12.0 Å². The standard InChI is InChI=1S/C16H23N2O3Si/c1-16(2,3)22(4,5)21-9-8-11-6-7-12-13(10-11)18-15(20)14(19)17-12/h6-7,10H,8-9H2,1-5H3,(H,17,19). The Kier molecular flexibility index (Phi) is 4.44. The normalized spacial score (nSPS) is 15.1. The molecular formula is C16H23N2O3Si. The first kappa shape index (κ1) is 16.7. The molecule has 1 aromatic carbocycles. The molecule has 1 radical (unpaired) electrons. The predicted molar refractivity (Wildman–Crippen MR) is 88.7 cm³/mol. The van der Waals surface area contributed by atoms with Crippen LogP contribution in [0.2, 0.25) is 18.1 Å². The van der Waals surface area contributed by atoms with E-state index in [0.29, 0.717) is 18.0 Å². The summed E-state index contributed by atoms with van der Waals surface area (Å²) in [7, 11) is -1.74. The summed E-state index contributed by atoms with van der Waals surface area (Å²) in [6, 6.07) is 5.55. The van der Waals surface area contributed by atoms with Gasteiger partial charge in [-0.1, -0.05) is 26.8 Å². The Labute approximate surface area is 132 Å². The number of nitrogens with one attached hydrogen (secondary N) is 1. The molecule has 0 saturated heterocycles. The first-order valence-corrected chi connectivity index (χ1v) is 10.3. The van der Waals surface area contributed by atoms with Gasteiger partial charge in [-0.15, -0.1) is 0 Å². The van der Waals surface area contributed by atoms with Crippen molar-refractivity contribution in [2.45, 2.75) is 45.3 Å². The lowest BCUT2D eigenvalue weighted by molar-refractivity contribution is -0.135. The highest BCUT2D eigenvalue weighted by Crippen LogP contribution is 2.36. The molecule has 1 aliphatic rings. The zero-order valence-corrected chi connectivity index (χ0v) is 14.8. The number of rotatable bonds is 4. The van der Waals surface area contributed by atoms with Crippen molar-refractivity contribution in [1.29, 1.82) is 0 Å². The molecule has 1 aliphatic heterocycles. The monoisotopic (exact) mass is 319 g/mol. The third-order valence-electron chi connectivity index (χ3n) is 4.39. The van der Waals surface area contributed by atoms with Crippen molar-refractivity contribution in [1.82, 2.24) is 5.32 Å². The van der Waals surface area contributed by atoms with Gasteiger partial charge in [-0.3, -0.25) is 9.59 Å². The summed E-state index contributed by atoms with van der Waals surface area (Å²) in [5.41, 5.74) is 2.15. The van der Waals surface area contributed by atoms with Gasteiger partial charge in [0.05, 0.1) is 11.4 Å². The highest BCUT2D eigenvalue weighted by atomic mass is 28.4. The van der Waals surface area contributed by atoms with E-state index >= 15 is 0 Å². The van der Waals surface area contributed by atoms with Crippen LogP contribution in [-0.2, 0) is 20.4 Å². The van der Waals surface area contributed by atoms with Gasteiger partial charge < -0.3 is 9.74 Å². The van der Waals surface area contributed by atoms with Crippen LogP contribution in [0.25, 0.3) is 0 Å². The lowest BCUT2D eigenvalue weighted by Crippen LogP contribution is -2.41. The third-order valence-corrected chi connectivity index (χ3v) is 8.92. The maximum atomic E-state index is 11.3. The molecule has 0 bridgehead atoms. The molecule has 6 heteroatoms. The highest BCUT2D eigenvalue weighted by molar-refractivity contribution is 6.74. The van der Waals surface area contributed by atoms with Crippen LogP contribution >= 0.6 is 0 Å². The number of hydrogen-bond donors (Lipinski definition) is 1. The van der Waals surface area contributed by atoms with Gasteiger partial charge >= 0.3 is 11.8 Å². The molecule has 119 valence electrons. The first-order valence-electron chi connectivity index (χ1n) is 7.44. The summed E-state index contributed by atoms with van der Waals surface area (Å²) in [6.07, 6.45) is 0.761. The summed E-state index contributed by atoms with van der Waals surface area (Å²) in [4.78, 5) is 22.6. The summed E-state index contributed by atoms with van der Waals surface area (Å²) in [5, 5.41) is 6.52. The van der Waals surface area contributed by atoms with E-state index in [1.54, 1.807) is 6.07 Å². The van der Waals surface area contributed by atoms with Crippen LogP contribution in [0, 0.1) is 0 Å². The average Bonchev–Trinajstić information content (AvgIpc) is 2.39. The fourth-order valence-electron chi connectivity index (χ4n) is 1.91. The molecular weight excluding hydrogens is 296 g/mol. The van der Waals surface area contributed by atoms with Gasteiger partial charge in [0.1, 0.15) is 0 Å². The minimum Gasteiger partial charge on any atom is -0.416 e. The number of fused-ring (bicyclic) bond motifs is 1. The number of amides is 2. The Hall–Kier alpha value is -1.66. The van der Waals surface area contributed by atoms with Gasteiger partial charge in [0.2, 0.25) is 0 Å². The minimum absolute atomic E-state index is 0.189. The summed E-state index contributed by atoms with van der Waals surface area (Å²) < 4.78 is 6.15. The van der Waals surface area contributed by atoms with Crippen molar-refractivity contribution in [2.75, 3.05) is 11.9 Å². The van der Waals surface area contributed by atoms with E-state index < -0.39 is 20.1 Å². The molecule has 0 unspecified atom stereocenters. The summed E-state index contributed by atoms with van der Waals surface area (Å²) in [6.45, 7) is 11.7. The van der Waals surface area contributed by atoms with Gasteiger partial charge in [0.15, 0.2) is 8.32 Å². The minimum atomic E-state index is -1.74. The topological polar surface area (TPSA) is 69.5 Å². The van der Waals surface area contributed by atoms with Crippen molar-refractivity contribution in [3.8, 4) is 0 Å². The average molecular weight is 319 g/mol. The van der Waals surface area contributed by atoms with E-state index in [1.165, 1.54) is 0 Å². The fraction of sp³-hybridized carbons (Fsp3) is 0.500. The maximum absolute atomic E-state index is 11.3. The summed E-state index contributed by atoms with van der Waals surface area (Å²) >= 11 is 0. The molecule has 0 atom stereocenters. The molecule has 0 fully saturated rings. The van der Waals surface area contributed by atoms with E-state index in [2.05, 4.69) is 44.5 Å². The second-order valence-electron chi connectivity index (χ2n) is 7.08. The van der Waals surface area contributed by atoms with Crippen LogP contribution in [0.3, 0.4) is 0 Å². The Morgan fingerprint density at radius 3 is 2.55 bits per heavy atom. The fourth-order valence-corrected chi connectivity index (χ4v) is 2.95. The molecule has 5 nitrogen and oxygen atoms in total. The second-order valence-corrected chi connectivity index (χ2v) is 11.9. The molecule has 22 heavy (non-hydrogen) atoms. The third kappa shape index (κ3) is 3.56. The number of anilines is 1. The maximum Gasteiger partial charge on any atom is 0.335 e. The molecule has 1 N–H and O–H groups in total. The van der Waals surface area contributed by atoms with Crippen LogP contribution in [-0.4, -0.2) is 26.7 Å². The lowest BCUT2D eigenvalue weighted by atomic mass is 10.1. The van der Waals surface area contributed by atoms with Crippen molar-refractivity contribution in [2.24, 2.45) is 0 Å².